The summed E-state index contributed by atoms with van der Waals surface area (Å²) >= 11 is 0. The monoisotopic (exact) mass is 347 g/mol. The lowest BCUT2D eigenvalue weighted by Gasteiger charge is -2.16. The molecule has 0 spiro atoms. The molecule has 124 valence electrons. The number of rotatable bonds is 3. The highest BCUT2D eigenvalue weighted by atomic mass is 32.3. The van der Waals surface area contributed by atoms with E-state index in [1.54, 1.807) is 0 Å². The van der Waals surface area contributed by atoms with Gasteiger partial charge < -0.3 is 9.32 Å². The van der Waals surface area contributed by atoms with Crippen LogP contribution in [0.15, 0.2) is 46.9 Å². The number of amides is 1. The molecule has 1 atom stereocenters. The molecule has 2 aromatic carbocycles. The van der Waals surface area contributed by atoms with Crippen LogP contribution in [0.2, 0.25) is 0 Å². The molecule has 5 nitrogen and oxygen atoms in total. The van der Waals surface area contributed by atoms with Crippen molar-refractivity contribution in [3.8, 4) is 0 Å². The van der Waals surface area contributed by atoms with Crippen molar-refractivity contribution >= 4 is 38.1 Å². The second-order valence-corrected chi connectivity index (χ2v) is 7.62. The van der Waals surface area contributed by atoms with Crippen LogP contribution in [0.3, 0.4) is 0 Å². The third-order valence-electron chi connectivity index (χ3n) is 4.39. The highest BCUT2D eigenvalue weighted by Crippen LogP contribution is 2.30. The summed E-state index contributed by atoms with van der Waals surface area (Å²) in [6.07, 6.45) is -0.296. The van der Waals surface area contributed by atoms with Crippen LogP contribution in [0, 0.1) is 0 Å². The minimum absolute atomic E-state index is 0.109. The topological polar surface area (TPSA) is 67.6 Å². The zero-order chi connectivity index (χ0) is 16.9. The van der Waals surface area contributed by atoms with Crippen molar-refractivity contribution in [2.45, 2.75) is 18.2 Å². The maximum Gasteiger partial charge on any atom is 0.307 e. The molecule has 1 fully saturated rings. The summed E-state index contributed by atoms with van der Waals surface area (Å²) in [5.74, 6) is -0.349. The van der Waals surface area contributed by atoms with Crippen LogP contribution in [0.1, 0.15) is 12.0 Å². The fraction of sp³-hybridized carbons (Fsp3) is 0.235. The summed E-state index contributed by atoms with van der Waals surface area (Å²) in [6.45, 7) is 0.141. The Labute approximate surface area is 137 Å². The van der Waals surface area contributed by atoms with Crippen LogP contribution in [-0.2, 0) is 21.6 Å². The number of fused-ring (bicyclic) bond motifs is 3. The Morgan fingerprint density at radius 1 is 1.12 bits per heavy atom. The number of nitrogens with zero attached hydrogens (tertiary/aromatic N) is 1. The molecule has 4 rings (SSSR count). The van der Waals surface area contributed by atoms with Crippen LogP contribution < -0.4 is 0 Å². The first-order valence-corrected chi connectivity index (χ1v) is 8.98. The van der Waals surface area contributed by atoms with E-state index in [1.807, 2.05) is 42.5 Å². The lowest BCUT2D eigenvalue weighted by atomic mass is 10.1. The van der Waals surface area contributed by atoms with E-state index in [0.717, 1.165) is 27.5 Å². The average molecular weight is 347 g/mol. The van der Waals surface area contributed by atoms with Gasteiger partial charge in [0.1, 0.15) is 16.4 Å². The molecule has 0 radical (unpaired) electrons. The average Bonchev–Trinajstić information content (AvgIpc) is 3.08. The van der Waals surface area contributed by atoms with Crippen LogP contribution in [0.4, 0.5) is 3.89 Å². The molecule has 1 aromatic heterocycles. The minimum atomic E-state index is -4.69. The third-order valence-corrected chi connectivity index (χ3v) is 5.50. The van der Waals surface area contributed by atoms with Crippen molar-refractivity contribution in [3.63, 3.8) is 0 Å². The number of likely N-dealkylation sites (tertiary alicyclic amines) is 1. The molecule has 7 heteroatoms. The first-order valence-electron chi connectivity index (χ1n) is 7.53. The Balaban J connectivity index is 1.65. The predicted octanol–water partition coefficient (Wildman–Crippen LogP) is 2.99. The molecule has 2 heterocycles. The number of para-hydroxylation sites is 1. The number of benzene rings is 2. The van der Waals surface area contributed by atoms with Crippen molar-refractivity contribution in [2.24, 2.45) is 0 Å². The summed E-state index contributed by atoms with van der Waals surface area (Å²) in [5, 5.41) is 0.652. The van der Waals surface area contributed by atoms with Gasteiger partial charge in [0.25, 0.3) is 0 Å². The zero-order valence-electron chi connectivity index (χ0n) is 12.6. The normalized spacial score (nSPS) is 18.8. The quantitative estimate of drug-likeness (QED) is 0.683. The molecule has 1 saturated heterocycles. The largest absolute Gasteiger partial charge is 0.456 e. The SMILES string of the molecule is O=C1CC(S(=O)(=O)F)CN1Cc1ccc2oc3ccccc3c2c1. The van der Waals surface area contributed by atoms with E-state index in [0.29, 0.717) is 0 Å². The summed E-state index contributed by atoms with van der Waals surface area (Å²) in [7, 11) is -4.69. The van der Waals surface area contributed by atoms with Gasteiger partial charge >= 0.3 is 10.2 Å². The fourth-order valence-corrected chi connectivity index (χ4v) is 3.87. The molecule has 1 aliphatic heterocycles. The van der Waals surface area contributed by atoms with E-state index in [9.17, 15) is 17.1 Å². The summed E-state index contributed by atoms with van der Waals surface area (Å²) in [4.78, 5) is 13.3. The Hall–Kier alpha value is -2.41. The van der Waals surface area contributed by atoms with E-state index in [2.05, 4.69) is 0 Å². The molecule has 1 unspecified atom stereocenters. The molecule has 3 aromatic rings. The molecule has 0 saturated carbocycles. The Bertz CT molecular complexity index is 1060. The highest BCUT2D eigenvalue weighted by Gasteiger charge is 2.38. The second kappa shape index (κ2) is 5.31. The number of halogens is 1. The van der Waals surface area contributed by atoms with Crippen molar-refractivity contribution in [2.75, 3.05) is 6.54 Å². The van der Waals surface area contributed by atoms with Gasteiger partial charge in [-0.05, 0) is 23.8 Å². The maximum absolute atomic E-state index is 13.1. The molecule has 1 aliphatic rings. The second-order valence-electron chi connectivity index (χ2n) is 6.00. The molecule has 24 heavy (non-hydrogen) atoms. The molecule has 0 aliphatic carbocycles. The Kier molecular flexibility index (Phi) is 3.35. The summed E-state index contributed by atoms with van der Waals surface area (Å²) < 4.78 is 40.9. The number of hydrogen-bond acceptors (Lipinski definition) is 4. The minimum Gasteiger partial charge on any atom is -0.456 e. The van der Waals surface area contributed by atoms with E-state index in [4.69, 9.17) is 4.42 Å². The van der Waals surface area contributed by atoms with Gasteiger partial charge in [-0.2, -0.15) is 8.42 Å². The van der Waals surface area contributed by atoms with Gasteiger partial charge in [-0.1, -0.05) is 24.3 Å². The van der Waals surface area contributed by atoms with Crippen LogP contribution in [-0.4, -0.2) is 31.0 Å². The van der Waals surface area contributed by atoms with Crippen molar-refractivity contribution < 1.29 is 21.5 Å². The molecular formula is C17H14FNO4S. The summed E-state index contributed by atoms with van der Waals surface area (Å²) in [5.41, 5.74) is 2.38. The summed E-state index contributed by atoms with van der Waals surface area (Å²) in [6, 6.07) is 13.2. The molecule has 0 N–H and O–H groups in total. The van der Waals surface area contributed by atoms with Crippen LogP contribution >= 0.6 is 0 Å². The van der Waals surface area contributed by atoms with E-state index in [1.165, 1.54) is 4.90 Å². The van der Waals surface area contributed by atoms with Gasteiger partial charge in [-0.3, -0.25) is 4.79 Å². The lowest BCUT2D eigenvalue weighted by molar-refractivity contribution is -0.128. The van der Waals surface area contributed by atoms with Crippen molar-refractivity contribution in [1.29, 1.82) is 0 Å². The van der Waals surface area contributed by atoms with Crippen molar-refractivity contribution in [3.05, 3.63) is 48.0 Å². The Morgan fingerprint density at radius 2 is 1.88 bits per heavy atom. The van der Waals surface area contributed by atoms with E-state index >= 15 is 0 Å². The first-order chi connectivity index (χ1) is 11.4. The zero-order valence-corrected chi connectivity index (χ0v) is 13.4. The van der Waals surface area contributed by atoms with Crippen LogP contribution in [0.25, 0.3) is 21.9 Å². The number of furan rings is 1. The highest BCUT2D eigenvalue weighted by molar-refractivity contribution is 7.87. The fourth-order valence-electron chi connectivity index (χ4n) is 3.17. The number of carbonyl (C=O) groups is 1. The lowest BCUT2D eigenvalue weighted by Crippen LogP contribution is -2.26. The van der Waals surface area contributed by atoms with Gasteiger partial charge in [0, 0.05) is 30.3 Å². The smallest absolute Gasteiger partial charge is 0.307 e. The standard InChI is InChI=1S/C17H14FNO4S/c18-24(21,22)12-8-17(20)19(10-12)9-11-5-6-16-14(7-11)13-3-1-2-4-15(13)23-16/h1-7,12H,8-10H2. The Morgan fingerprint density at radius 3 is 2.62 bits per heavy atom. The van der Waals surface area contributed by atoms with Gasteiger partial charge in [-0.15, -0.1) is 3.89 Å². The van der Waals surface area contributed by atoms with Gasteiger partial charge in [0.15, 0.2) is 0 Å². The number of hydrogen-bond donors (Lipinski definition) is 0. The van der Waals surface area contributed by atoms with Gasteiger partial charge in [-0.25, -0.2) is 0 Å². The van der Waals surface area contributed by atoms with E-state index in [-0.39, 0.29) is 25.4 Å². The third kappa shape index (κ3) is 2.54. The van der Waals surface area contributed by atoms with Gasteiger partial charge in [0.2, 0.25) is 5.91 Å². The van der Waals surface area contributed by atoms with Gasteiger partial charge in [0.05, 0.1) is 0 Å². The molecular weight excluding hydrogens is 333 g/mol. The van der Waals surface area contributed by atoms with E-state index < -0.39 is 15.5 Å². The van der Waals surface area contributed by atoms with Crippen molar-refractivity contribution in [1.82, 2.24) is 4.90 Å². The van der Waals surface area contributed by atoms with Crippen LogP contribution in [0.5, 0.6) is 0 Å². The molecule has 0 bridgehead atoms. The number of carbonyl (C=O) groups excluding carboxylic acids is 1. The maximum atomic E-state index is 13.1. The predicted molar refractivity (Wildman–Crippen MR) is 87.6 cm³/mol. The first kappa shape index (κ1) is 15.1. The molecule has 1 amide bonds.